The van der Waals surface area contributed by atoms with Crippen LogP contribution in [0.1, 0.15) is 38.6 Å². The van der Waals surface area contributed by atoms with Crippen LogP contribution in [0.4, 0.5) is 19.1 Å². The Kier molecular flexibility index (Phi) is 5.32. The molecule has 0 radical (unpaired) electrons. The SMILES string of the molecule is COc1nc(NC2CCC3(CC2)COC3)nn2ccc(-c3ccc4nnn([C@@H](C)C(F)(F)F)c4c3)c12. The highest BCUT2D eigenvalue weighted by Gasteiger charge is 2.42. The molecule has 0 unspecified atom stereocenters. The van der Waals surface area contributed by atoms with Crippen molar-refractivity contribution in [1.29, 1.82) is 0 Å². The molecule has 0 amide bonds. The molecule has 4 heterocycles. The van der Waals surface area contributed by atoms with Gasteiger partial charge in [0.05, 0.1) is 25.8 Å². The highest BCUT2D eigenvalue weighted by atomic mass is 19.4. The third kappa shape index (κ3) is 3.83. The molecule has 12 heteroatoms. The monoisotopic (exact) mass is 501 g/mol. The molecule has 1 N–H and O–H groups in total. The largest absolute Gasteiger partial charge is 0.479 e. The van der Waals surface area contributed by atoms with Gasteiger partial charge in [0.25, 0.3) is 0 Å². The highest BCUT2D eigenvalue weighted by Crippen LogP contribution is 2.43. The first kappa shape index (κ1) is 23.0. The van der Waals surface area contributed by atoms with Crippen LogP contribution in [0.2, 0.25) is 0 Å². The van der Waals surface area contributed by atoms with Gasteiger partial charge < -0.3 is 14.8 Å². The van der Waals surface area contributed by atoms with Crippen molar-refractivity contribution in [2.45, 2.75) is 50.9 Å². The summed E-state index contributed by atoms with van der Waals surface area (Å²) in [6.07, 6.45) is 1.66. The fourth-order valence-electron chi connectivity index (χ4n) is 5.19. The van der Waals surface area contributed by atoms with E-state index in [4.69, 9.17) is 9.47 Å². The maximum atomic E-state index is 13.3. The molecule has 3 aromatic heterocycles. The van der Waals surface area contributed by atoms with E-state index in [1.54, 1.807) is 28.9 Å². The normalized spacial score (nSPS) is 19.0. The molecule has 1 spiro atoms. The van der Waals surface area contributed by atoms with Crippen LogP contribution in [-0.2, 0) is 4.74 Å². The van der Waals surface area contributed by atoms with E-state index in [1.165, 1.54) is 7.11 Å². The molecule has 0 bridgehead atoms. The summed E-state index contributed by atoms with van der Waals surface area (Å²) >= 11 is 0. The summed E-state index contributed by atoms with van der Waals surface area (Å²) in [7, 11) is 1.54. The van der Waals surface area contributed by atoms with Crippen molar-refractivity contribution in [1.82, 2.24) is 29.6 Å². The molecule has 2 aliphatic rings. The Morgan fingerprint density at radius 2 is 1.97 bits per heavy atom. The maximum Gasteiger partial charge on any atom is 0.410 e. The van der Waals surface area contributed by atoms with Crippen molar-refractivity contribution in [2.24, 2.45) is 5.41 Å². The van der Waals surface area contributed by atoms with Crippen LogP contribution >= 0.6 is 0 Å². The van der Waals surface area contributed by atoms with E-state index < -0.39 is 12.2 Å². The van der Waals surface area contributed by atoms with E-state index in [9.17, 15) is 13.2 Å². The van der Waals surface area contributed by atoms with Crippen molar-refractivity contribution >= 4 is 22.5 Å². The van der Waals surface area contributed by atoms with Crippen molar-refractivity contribution in [3.63, 3.8) is 0 Å². The standard InChI is InChI=1S/C24H26F3N7O2/c1-14(24(25,26)27)34-19-11-15(3-4-18(19)30-32-34)17-7-10-33-20(17)21(35-2)29-22(31-33)28-16-5-8-23(9-6-16)12-36-13-23/h3-4,7,10-11,14,16H,5-6,8-9,12-13H2,1-2H3,(H,28,31)/t14-/m0/s1. The lowest BCUT2D eigenvalue weighted by molar-refractivity contribution is -0.164. The number of fused-ring (bicyclic) bond motifs is 2. The van der Waals surface area contributed by atoms with Gasteiger partial charge >= 0.3 is 6.18 Å². The van der Waals surface area contributed by atoms with Gasteiger partial charge in [0, 0.05) is 23.2 Å². The molecule has 1 atom stereocenters. The van der Waals surface area contributed by atoms with Crippen LogP contribution in [0, 0.1) is 5.41 Å². The number of anilines is 1. The predicted octanol–water partition coefficient (Wildman–Crippen LogP) is 4.64. The number of aromatic nitrogens is 6. The van der Waals surface area contributed by atoms with Crippen LogP contribution in [0.5, 0.6) is 5.88 Å². The number of rotatable bonds is 5. The molecule has 1 saturated carbocycles. The molecule has 1 aromatic carbocycles. The number of nitrogens with one attached hydrogen (secondary N) is 1. The molecule has 36 heavy (non-hydrogen) atoms. The number of nitrogens with zero attached hydrogens (tertiary/aromatic N) is 6. The number of methoxy groups -OCH3 is 1. The third-order valence-corrected chi connectivity index (χ3v) is 7.49. The number of alkyl halides is 3. The second-order valence-corrected chi connectivity index (χ2v) is 9.83. The Morgan fingerprint density at radius 3 is 2.64 bits per heavy atom. The average molecular weight is 502 g/mol. The zero-order chi connectivity index (χ0) is 25.1. The predicted molar refractivity (Wildman–Crippen MR) is 126 cm³/mol. The van der Waals surface area contributed by atoms with Crippen molar-refractivity contribution in [3.8, 4) is 17.0 Å². The summed E-state index contributed by atoms with van der Waals surface area (Å²) in [5.41, 5.74) is 3.08. The zero-order valence-electron chi connectivity index (χ0n) is 19.9. The van der Waals surface area contributed by atoms with Crippen LogP contribution < -0.4 is 10.1 Å². The van der Waals surface area contributed by atoms with E-state index in [2.05, 4.69) is 25.7 Å². The summed E-state index contributed by atoms with van der Waals surface area (Å²) < 4.78 is 53.7. The van der Waals surface area contributed by atoms with Gasteiger partial charge in [0.2, 0.25) is 11.8 Å². The topological polar surface area (TPSA) is 91.4 Å². The number of halogens is 3. The van der Waals surface area contributed by atoms with E-state index in [0.717, 1.165) is 56.1 Å². The first-order valence-electron chi connectivity index (χ1n) is 12.0. The van der Waals surface area contributed by atoms with Gasteiger partial charge in [-0.3, -0.25) is 0 Å². The van der Waals surface area contributed by atoms with E-state index in [0.29, 0.717) is 39.4 Å². The Morgan fingerprint density at radius 1 is 1.19 bits per heavy atom. The van der Waals surface area contributed by atoms with Crippen LogP contribution in [0.25, 0.3) is 27.7 Å². The Bertz CT molecular complexity index is 1420. The highest BCUT2D eigenvalue weighted by molar-refractivity contribution is 5.89. The fourth-order valence-corrected chi connectivity index (χ4v) is 5.19. The molecule has 1 aliphatic carbocycles. The third-order valence-electron chi connectivity index (χ3n) is 7.49. The number of hydrogen-bond acceptors (Lipinski definition) is 7. The van der Waals surface area contributed by atoms with Gasteiger partial charge in [0.15, 0.2) is 0 Å². The Labute approximate surface area is 204 Å². The molecule has 4 aromatic rings. The second-order valence-electron chi connectivity index (χ2n) is 9.83. The molecule has 190 valence electrons. The number of benzene rings is 1. The quantitative estimate of drug-likeness (QED) is 0.426. The van der Waals surface area contributed by atoms with E-state index in [-0.39, 0.29) is 6.04 Å². The lowest BCUT2D eigenvalue weighted by atomic mass is 9.71. The Balaban J connectivity index is 1.32. The molecule has 1 aliphatic heterocycles. The van der Waals surface area contributed by atoms with Gasteiger partial charge in [-0.2, -0.15) is 18.2 Å². The summed E-state index contributed by atoms with van der Waals surface area (Å²) in [6.45, 7) is 2.78. The fraction of sp³-hybridized carbons (Fsp3) is 0.500. The summed E-state index contributed by atoms with van der Waals surface area (Å²) in [5, 5.41) is 15.7. The minimum Gasteiger partial charge on any atom is -0.479 e. The second kappa shape index (κ2) is 8.32. The molecule has 1 saturated heterocycles. The molecular weight excluding hydrogens is 475 g/mol. The van der Waals surface area contributed by atoms with Gasteiger partial charge in [-0.15, -0.1) is 10.2 Å². The smallest absolute Gasteiger partial charge is 0.410 e. The summed E-state index contributed by atoms with van der Waals surface area (Å²) in [4.78, 5) is 4.60. The molecule has 9 nitrogen and oxygen atoms in total. The lowest BCUT2D eigenvalue weighted by Gasteiger charge is -2.46. The number of hydrogen-bond donors (Lipinski definition) is 1. The summed E-state index contributed by atoms with van der Waals surface area (Å²) in [5.74, 6) is 0.853. The summed E-state index contributed by atoms with van der Waals surface area (Å²) in [6, 6.07) is 5.43. The zero-order valence-corrected chi connectivity index (χ0v) is 19.9. The van der Waals surface area contributed by atoms with Gasteiger partial charge in [-0.05, 0) is 56.4 Å². The van der Waals surface area contributed by atoms with Crippen LogP contribution in [0.3, 0.4) is 0 Å². The van der Waals surface area contributed by atoms with Gasteiger partial charge in [-0.1, -0.05) is 11.3 Å². The van der Waals surface area contributed by atoms with E-state index in [1.807, 2.05) is 6.07 Å². The average Bonchev–Trinajstić information content (AvgIpc) is 3.46. The van der Waals surface area contributed by atoms with Crippen LogP contribution in [0.15, 0.2) is 30.5 Å². The first-order chi connectivity index (χ1) is 17.3. The lowest BCUT2D eigenvalue weighted by Crippen LogP contribution is -2.47. The van der Waals surface area contributed by atoms with E-state index >= 15 is 0 Å². The Hall–Kier alpha value is -3.41. The molecule has 2 fully saturated rings. The first-order valence-corrected chi connectivity index (χ1v) is 12.0. The van der Waals surface area contributed by atoms with Gasteiger partial charge in [-0.25, -0.2) is 9.20 Å². The van der Waals surface area contributed by atoms with Crippen molar-refractivity contribution < 1.29 is 22.6 Å². The van der Waals surface area contributed by atoms with Crippen molar-refractivity contribution in [3.05, 3.63) is 30.5 Å². The van der Waals surface area contributed by atoms with Crippen LogP contribution in [-0.4, -0.2) is 62.1 Å². The maximum absolute atomic E-state index is 13.3. The molecular formula is C24H26F3N7O2. The molecule has 6 rings (SSSR count). The minimum absolute atomic E-state index is 0.277. The minimum atomic E-state index is -4.44. The van der Waals surface area contributed by atoms with Crippen molar-refractivity contribution in [2.75, 3.05) is 25.6 Å². The van der Waals surface area contributed by atoms with Gasteiger partial charge in [0.1, 0.15) is 17.1 Å². The number of ether oxygens (including phenoxy) is 2.